The van der Waals surface area contributed by atoms with Crippen molar-refractivity contribution in [3.8, 4) is 17.1 Å². The van der Waals surface area contributed by atoms with Gasteiger partial charge in [-0.15, -0.1) is 0 Å². The van der Waals surface area contributed by atoms with Crippen molar-refractivity contribution in [2.45, 2.75) is 25.6 Å². The van der Waals surface area contributed by atoms with Crippen LogP contribution in [0.15, 0.2) is 101 Å². The zero-order chi connectivity index (χ0) is 32.2. The molecule has 7 rings (SSSR count). The fraction of sp³-hybridized carbons (Fsp3) is 0.176. The Morgan fingerprint density at radius 2 is 1.78 bits per heavy atom. The predicted octanol–water partition coefficient (Wildman–Crippen LogP) is 6.46. The van der Waals surface area contributed by atoms with Crippen LogP contribution < -0.4 is 5.56 Å². The van der Waals surface area contributed by atoms with E-state index in [9.17, 15) is 22.8 Å². The van der Waals surface area contributed by atoms with Crippen molar-refractivity contribution in [3.05, 3.63) is 140 Å². The van der Waals surface area contributed by atoms with Gasteiger partial charge in [-0.2, -0.15) is 18.3 Å². The number of amides is 1. The first-order chi connectivity index (χ1) is 22.1. The number of alkyl halides is 3. The van der Waals surface area contributed by atoms with Crippen molar-refractivity contribution in [2.24, 2.45) is 7.05 Å². The van der Waals surface area contributed by atoms with Crippen molar-refractivity contribution < 1.29 is 18.0 Å². The number of carbonyl (C=O) groups excluding carboxylic acids is 1. The highest BCUT2D eigenvalue weighted by Crippen LogP contribution is 2.36. The van der Waals surface area contributed by atoms with E-state index in [1.807, 2.05) is 72.4 Å². The van der Waals surface area contributed by atoms with E-state index in [0.29, 0.717) is 29.0 Å². The molecule has 0 spiro atoms. The Morgan fingerprint density at radius 1 is 1.02 bits per heavy atom. The van der Waals surface area contributed by atoms with E-state index in [1.165, 1.54) is 17.0 Å². The highest BCUT2D eigenvalue weighted by Gasteiger charge is 2.35. The standard InChI is InChI=1S/C34H26BrF3N6O2/c1-41-16-14-39-30(41)22-7-10-25(11-8-22)43-31-24(17-21-5-3-2-4-6-21)19-40-44(31)29-20-42(15-13-26(29)33(43)46)32(45)23-9-12-28(35)27(18-23)34(36,37)38/h2-12,14,16,18-19H,13,15,17,20H2,1H3. The minimum Gasteiger partial charge on any atom is -0.334 e. The smallest absolute Gasteiger partial charge is 0.334 e. The maximum atomic E-state index is 14.3. The summed E-state index contributed by atoms with van der Waals surface area (Å²) >= 11 is 2.94. The van der Waals surface area contributed by atoms with Crippen LogP contribution in [0.1, 0.15) is 38.3 Å². The van der Waals surface area contributed by atoms with Gasteiger partial charge in [0.15, 0.2) is 0 Å². The Hall–Kier alpha value is -4.97. The van der Waals surface area contributed by atoms with Crippen LogP contribution in [0.5, 0.6) is 0 Å². The van der Waals surface area contributed by atoms with Crippen LogP contribution in [0.4, 0.5) is 13.2 Å². The average Bonchev–Trinajstić information content (AvgIpc) is 3.67. The number of nitrogens with zero attached hydrogens (tertiary/aromatic N) is 6. The molecular formula is C34H26BrF3N6O2. The zero-order valence-corrected chi connectivity index (χ0v) is 26.1. The van der Waals surface area contributed by atoms with Crippen LogP contribution in [0.25, 0.3) is 22.7 Å². The quantitative estimate of drug-likeness (QED) is 0.209. The lowest BCUT2D eigenvalue weighted by Gasteiger charge is -2.30. The third-order valence-electron chi connectivity index (χ3n) is 8.31. The highest BCUT2D eigenvalue weighted by atomic mass is 79.9. The molecule has 0 fully saturated rings. The molecule has 46 heavy (non-hydrogen) atoms. The van der Waals surface area contributed by atoms with Crippen LogP contribution >= 0.6 is 15.9 Å². The van der Waals surface area contributed by atoms with Crippen molar-refractivity contribution in [2.75, 3.05) is 6.54 Å². The van der Waals surface area contributed by atoms with Gasteiger partial charge >= 0.3 is 6.18 Å². The number of rotatable bonds is 5. The molecule has 3 aromatic heterocycles. The summed E-state index contributed by atoms with van der Waals surface area (Å²) in [6, 6.07) is 20.9. The summed E-state index contributed by atoms with van der Waals surface area (Å²) in [6.07, 6.45) is 1.42. The minimum absolute atomic E-state index is 0.0166. The molecule has 0 saturated carbocycles. The Labute approximate surface area is 269 Å². The van der Waals surface area contributed by atoms with Crippen molar-refractivity contribution in [3.63, 3.8) is 0 Å². The van der Waals surface area contributed by atoms with Crippen LogP contribution in [-0.2, 0) is 32.6 Å². The third-order valence-corrected chi connectivity index (χ3v) is 9.01. The predicted molar refractivity (Wildman–Crippen MR) is 170 cm³/mol. The van der Waals surface area contributed by atoms with E-state index in [0.717, 1.165) is 28.6 Å². The van der Waals surface area contributed by atoms with Crippen molar-refractivity contribution in [1.29, 1.82) is 0 Å². The van der Waals surface area contributed by atoms with Crippen molar-refractivity contribution in [1.82, 2.24) is 28.6 Å². The lowest BCUT2D eigenvalue weighted by atomic mass is 10.0. The second kappa shape index (κ2) is 11.4. The number of aryl methyl sites for hydroxylation is 1. The molecule has 1 aliphatic rings. The fourth-order valence-electron chi connectivity index (χ4n) is 6.03. The fourth-order valence-corrected chi connectivity index (χ4v) is 6.50. The molecule has 6 aromatic rings. The molecule has 8 nitrogen and oxygen atoms in total. The van der Waals surface area contributed by atoms with Crippen molar-refractivity contribution >= 4 is 27.5 Å². The summed E-state index contributed by atoms with van der Waals surface area (Å²) in [6.45, 7) is 0.183. The summed E-state index contributed by atoms with van der Waals surface area (Å²) < 4.78 is 45.9. The highest BCUT2D eigenvalue weighted by molar-refractivity contribution is 9.10. The molecule has 1 aliphatic heterocycles. The molecule has 1 amide bonds. The number of fused-ring (bicyclic) bond motifs is 3. The van der Waals surface area contributed by atoms with Gasteiger partial charge in [-0.25, -0.2) is 9.50 Å². The Bertz CT molecular complexity index is 2170. The lowest BCUT2D eigenvalue weighted by Crippen LogP contribution is -2.41. The molecule has 0 aliphatic carbocycles. The molecule has 0 atom stereocenters. The largest absolute Gasteiger partial charge is 0.417 e. The Kier molecular flexibility index (Phi) is 7.39. The molecule has 3 aromatic carbocycles. The van der Waals surface area contributed by atoms with E-state index in [2.05, 4.69) is 20.9 Å². The first-order valence-corrected chi connectivity index (χ1v) is 15.3. The molecule has 12 heteroatoms. The van der Waals surface area contributed by atoms with Gasteiger partial charge in [0.2, 0.25) is 0 Å². The SMILES string of the molecule is Cn1ccnc1-c1ccc(-n2c(=O)c3c(n4ncc(Cc5ccccc5)c24)CN(C(=O)c2ccc(Br)c(C(F)(F)F)c2)CC3)cc1. The number of imidazole rings is 1. The summed E-state index contributed by atoms with van der Waals surface area (Å²) in [5, 5.41) is 4.70. The molecule has 0 saturated heterocycles. The summed E-state index contributed by atoms with van der Waals surface area (Å²) in [5.74, 6) is 0.240. The number of hydrogen-bond donors (Lipinski definition) is 0. The second-order valence-corrected chi connectivity index (χ2v) is 12.1. The molecular weight excluding hydrogens is 661 g/mol. The zero-order valence-electron chi connectivity index (χ0n) is 24.5. The summed E-state index contributed by atoms with van der Waals surface area (Å²) in [7, 11) is 1.91. The maximum absolute atomic E-state index is 14.3. The monoisotopic (exact) mass is 686 g/mol. The van der Waals surface area contributed by atoms with Gasteiger partial charge in [-0.3, -0.25) is 14.2 Å². The van der Waals surface area contributed by atoms with Crippen LogP contribution in [0.3, 0.4) is 0 Å². The summed E-state index contributed by atoms with van der Waals surface area (Å²) in [5.41, 5.74) is 3.77. The number of benzene rings is 3. The topological polar surface area (TPSA) is 77.4 Å². The molecule has 0 radical (unpaired) electrons. The van der Waals surface area contributed by atoms with E-state index in [4.69, 9.17) is 5.10 Å². The first-order valence-electron chi connectivity index (χ1n) is 14.5. The minimum atomic E-state index is -4.62. The first kappa shape index (κ1) is 29.7. The molecule has 232 valence electrons. The van der Waals surface area contributed by atoms with Gasteiger partial charge in [-0.1, -0.05) is 46.3 Å². The van der Waals surface area contributed by atoms with Gasteiger partial charge in [0.1, 0.15) is 11.5 Å². The van der Waals surface area contributed by atoms with Crippen LogP contribution in [0, 0.1) is 0 Å². The van der Waals surface area contributed by atoms with E-state index >= 15 is 0 Å². The number of aromatic nitrogens is 5. The van der Waals surface area contributed by atoms with E-state index < -0.39 is 17.6 Å². The summed E-state index contributed by atoms with van der Waals surface area (Å²) in [4.78, 5) is 33.7. The molecule has 0 N–H and O–H groups in total. The lowest BCUT2D eigenvalue weighted by molar-refractivity contribution is -0.138. The molecule has 0 bridgehead atoms. The second-order valence-electron chi connectivity index (χ2n) is 11.2. The van der Waals surface area contributed by atoms with Gasteiger partial charge < -0.3 is 9.47 Å². The van der Waals surface area contributed by atoms with Crippen LogP contribution in [0.2, 0.25) is 0 Å². The Balaban J connectivity index is 1.33. The number of halogens is 4. The molecule has 4 heterocycles. The van der Waals surface area contributed by atoms with Gasteiger partial charge in [-0.05, 0) is 54.4 Å². The van der Waals surface area contributed by atoms with E-state index in [1.54, 1.807) is 21.5 Å². The maximum Gasteiger partial charge on any atom is 0.417 e. The molecule has 0 unspecified atom stereocenters. The van der Waals surface area contributed by atoms with Gasteiger partial charge in [0, 0.05) is 59.1 Å². The average molecular weight is 688 g/mol. The number of hydrogen-bond acceptors (Lipinski definition) is 4. The van der Waals surface area contributed by atoms with Gasteiger partial charge in [0.05, 0.1) is 29.7 Å². The number of carbonyl (C=O) groups is 1. The van der Waals surface area contributed by atoms with Crippen LogP contribution in [-0.4, -0.2) is 41.1 Å². The third kappa shape index (κ3) is 5.22. The normalized spacial score (nSPS) is 13.3. The van der Waals surface area contributed by atoms with E-state index in [-0.39, 0.29) is 35.1 Å². The Morgan fingerprint density at radius 3 is 2.48 bits per heavy atom. The van der Waals surface area contributed by atoms with Gasteiger partial charge in [0.25, 0.3) is 11.5 Å².